The fraction of sp³-hybridized carbons (Fsp3) is 0.588. The zero-order valence-electron chi connectivity index (χ0n) is 13.1. The van der Waals surface area contributed by atoms with Gasteiger partial charge in [-0.3, -0.25) is 4.79 Å². The number of halogens is 1. The molecule has 3 N–H and O–H groups in total. The second-order valence-electron chi connectivity index (χ2n) is 6.19. The van der Waals surface area contributed by atoms with E-state index in [0.29, 0.717) is 18.1 Å². The van der Waals surface area contributed by atoms with Gasteiger partial charge < -0.3 is 15.8 Å². The number of hydrogen-bond acceptors (Lipinski definition) is 3. The summed E-state index contributed by atoms with van der Waals surface area (Å²) in [6.45, 7) is 0.0921. The molecule has 1 aromatic rings. The van der Waals surface area contributed by atoms with Crippen molar-refractivity contribution >= 4 is 5.91 Å². The number of hydrogen-bond donors (Lipinski definition) is 2. The summed E-state index contributed by atoms with van der Waals surface area (Å²) < 4.78 is 18.5. The van der Waals surface area contributed by atoms with Crippen LogP contribution in [0.3, 0.4) is 0 Å². The second kappa shape index (κ2) is 7.58. The largest absolute Gasteiger partial charge is 0.491 e. The van der Waals surface area contributed by atoms with Crippen molar-refractivity contribution in [3.63, 3.8) is 0 Å². The van der Waals surface area contributed by atoms with Gasteiger partial charge in [-0.25, -0.2) is 4.39 Å². The molecule has 2 rings (SSSR count). The number of benzene rings is 1. The van der Waals surface area contributed by atoms with Gasteiger partial charge in [0.2, 0.25) is 5.91 Å². The van der Waals surface area contributed by atoms with E-state index >= 15 is 0 Å². The van der Waals surface area contributed by atoms with Crippen LogP contribution in [0.1, 0.15) is 38.5 Å². The molecule has 0 spiro atoms. The minimum absolute atomic E-state index is 0.0921. The van der Waals surface area contributed by atoms with Gasteiger partial charge in [-0.1, -0.05) is 32.1 Å². The van der Waals surface area contributed by atoms with Crippen LogP contribution < -0.4 is 15.8 Å². The summed E-state index contributed by atoms with van der Waals surface area (Å²) in [5.41, 5.74) is 5.30. The van der Waals surface area contributed by atoms with E-state index in [1.807, 2.05) is 0 Å². The predicted octanol–water partition coefficient (Wildman–Crippen LogP) is 2.62. The Morgan fingerprint density at radius 2 is 1.95 bits per heavy atom. The number of likely N-dealkylation sites (N-methyl/N-ethyl adjacent to an activating group) is 1. The molecular weight excluding hydrogens is 283 g/mol. The Hall–Kier alpha value is -1.62. The lowest BCUT2D eigenvalue weighted by Crippen LogP contribution is -2.58. The maximum atomic E-state index is 12.9. The van der Waals surface area contributed by atoms with E-state index in [0.717, 1.165) is 12.8 Å². The van der Waals surface area contributed by atoms with Gasteiger partial charge in [-0.15, -0.1) is 0 Å². The smallest absolute Gasteiger partial charge is 0.243 e. The van der Waals surface area contributed by atoms with Crippen molar-refractivity contribution < 1.29 is 13.9 Å². The molecule has 0 heterocycles. The number of carbonyl (C=O) groups is 1. The van der Waals surface area contributed by atoms with Gasteiger partial charge in [0.25, 0.3) is 0 Å². The number of ether oxygens (including phenoxy) is 1. The highest BCUT2D eigenvalue weighted by Crippen LogP contribution is 2.30. The Morgan fingerprint density at radius 3 is 2.55 bits per heavy atom. The number of nitrogens with one attached hydrogen (secondary N) is 1. The van der Waals surface area contributed by atoms with E-state index in [9.17, 15) is 9.18 Å². The molecule has 1 aromatic carbocycles. The fourth-order valence-electron chi connectivity index (χ4n) is 3.12. The minimum atomic E-state index is -1.05. The van der Waals surface area contributed by atoms with Gasteiger partial charge >= 0.3 is 0 Å². The highest BCUT2D eigenvalue weighted by Gasteiger charge is 2.37. The first kappa shape index (κ1) is 16.7. The van der Waals surface area contributed by atoms with E-state index in [-0.39, 0.29) is 18.3 Å². The van der Waals surface area contributed by atoms with E-state index in [1.165, 1.54) is 31.4 Å². The van der Waals surface area contributed by atoms with E-state index in [4.69, 9.17) is 10.5 Å². The molecule has 1 fully saturated rings. The molecule has 22 heavy (non-hydrogen) atoms. The molecule has 0 aromatic heterocycles. The number of nitrogens with two attached hydrogens (primary N) is 1. The monoisotopic (exact) mass is 308 g/mol. The van der Waals surface area contributed by atoms with Gasteiger partial charge in [-0.05, 0) is 36.6 Å². The van der Waals surface area contributed by atoms with Crippen molar-refractivity contribution in [1.29, 1.82) is 0 Å². The molecule has 0 aliphatic heterocycles. The summed E-state index contributed by atoms with van der Waals surface area (Å²) in [7, 11) is 1.59. The highest BCUT2D eigenvalue weighted by molar-refractivity contribution is 5.86. The predicted molar refractivity (Wildman–Crippen MR) is 84.1 cm³/mol. The molecule has 1 aliphatic rings. The number of rotatable bonds is 6. The normalized spacial score (nSPS) is 18.5. The van der Waals surface area contributed by atoms with Crippen LogP contribution in [0, 0.1) is 11.7 Å². The maximum Gasteiger partial charge on any atom is 0.243 e. The van der Waals surface area contributed by atoms with E-state index in [1.54, 1.807) is 19.2 Å². The zero-order chi connectivity index (χ0) is 16.0. The lowest BCUT2D eigenvalue weighted by atomic mass is 9.79. The van der Waals surface area contributed by atoms with Crippen molar-refractivity contribution in [3.05, 3.63) is 30.1 Å². The van der Waals surface area contributed by atoms with Gasteiger partial charge in [0.1, 0.15) is 23.7 Å². The van der Waals surface area contributed by atoms with Crippen LogP contribution in [-0.4, -0.2) is 25.1 Å². The quantitative estimate of drug-likeness (QED) is 0.849. The molecule has 1 unspecified atom stereocenters. The van der Waals surface area contributed by atoms with Crippen molar-refractivity contribution in [1.82, 2.24) is 5.32 Å². The zero-order valence-corrected chi connectivity index (χ0v) is 13.1. The molecule has 1 atom stereocenters. The molecule has 0 saturated heterocycles. The van der Waals surface area contributed by atoms with E-state index in [2.05, 4.69) is 5.32 Å². The van der Waals surface area contributed by atoms with Gasteiger partial charge in [0.15, 0.2) is 0 Å². The summed E-state index contributed by atoms with van der Waals surface area (Å²) in [5.74, 6) is 0.455. The first-order valence-electron chi connectivity index (χ1n) is 7.93. The fourth-order valence-corrected chi connectivity index (χ4v) is 3.12. The van der Waals surface area contributed by atoms with E-state index < -0.39 is 5.54 Å². The minimum Gasteiger partial charge on any atom is -0.491 e. The van der Waals surface area contributed by atoms with Crippen LogP contribution in [0.2, 0.25) is 0 Å². The Kier molecular flexibility index (Phi) is 5.77. The first-order valence-corrected chi connectivity index (χ1v) is 7.93. The van der Waals surface area contributed by atoms with Crippen molar-refractivity contribution in [2.75, 3.05) is 13.7 Å². The second-order valence-corrected chi connectivity index (χ2v) is 6.19. The van der Waals surface area contributed by atoms with Crippen LogP contribution >= 0.6 is 0 Å². The molecule has 5 heteroatoms. The lowest BCUT2D eigenvalue weighted by molar-refractivity contribution is -0.127. The van der Waals surface area contributed by atoms with Crippen molar-refractivity contribution in [2.45, 2.75) is 44.1 Å². The van der Waals surface area contributed by atoms with Gasteiger partial charge in [0.05, 0.1) is 0 Å². The van der Waals surface area contributed by atoms with Crippen LogP contribution in [0.15, 0.2) is 24.3 Å². The third-order valence-corrected chi connectivity index (χ3v) is 4.37. The molecular formula is C17H25FN2O2. The molecule has 1 aliphatic carbocycles. The van der Waals surface area contributed by atoms with Gasteiger partial charge in [0, 0.05) is 7.05 Å². The van der Waals surface area contributed by atoms with Crippen molar-refractivity contribution in [3.8, 4) is 5.75 Å². The SMILES string of the molecule is CNC(=O)C(N)(COc1ccc(F)cc1)CC1CCCCC1. The Labute approximate surface area is 131 Å². The molecule has 1 amide bonds. The molecule has 0 bridgehead atoms. The molecule has 1 saturated carbocycles. The average molecular weight is 308 g/mol. The van der Waals surface area contributed by atoms with Gasteiger partial charge in [-0.2, -0.15) is 0 Å². The third kappa shape index (κ3) is 4.44. The maximum absolute atomic E-state index is 12.9. The molecule has 122 valence electrons. The third-order valence-electron chi connectivity index (χ3n) is 4.37. The summed E-state index contributed by atoms with van der Waals surface area (Å²) >= 11 is 0. The molecule has 4 nitrogen and oxygen atoms in total. The Bertz CT molecular complexity index is 486. The first-order chi connectivity index (χ1) is 10.5. The number of amides is 1. The summed E-state index contributed by atoms with van der Waals surface area (Å²) in [4.78, 5) is 12.2. The summed E-state index contributed by atoms with van der Waals surface area (Å²) in [5, 5.41) is 2.64. The van der Waals surface area contributed by atoms with Crippen LogP contribution in [0.4, 0.5) is 4.39 Å². The molecule has 0 radical (unpaired) electrons. The van der Waals surface area contributed by atoms with Crippen LogP contribution in [0.5, 0.6) is 5.75 Å². The van der Waals surface area contributed by atoms with Crippen LogP contribution in [-0.2, 0) is 4.79 Å². The lowest BCUT2D eigenvalue weighted by Gasteiger charge is -2.33. The van der Waals surface area contributed by atoms with Crippen LogP contribution in [0.25, 0.3) is 0 Å². The average Bonchev–Trinajstić information content (AvgIpc) is 2.54. The Morgan fingerprint density at radius 1 is 1.32 bits per heavy atom. The standard InChI is InChI=1S/C17H25FN2O2/c1-20-16(21)17(19,11-13-5-3-2-4-6-13)12-22-15-9-7-14(18)8-10-15/h7-10,13H,2-6,11-12,19H2,1H3,(H,20,21). The Balaban J connectivity index is 2.00. The topological polar surface area (TPSA) is 64.4 Å². The number of carbonyl (C=O) groups excluding carboxylic acids is 1. The highest BCUT2D eigenvalue weighted by atomic mass is 19.1. The summed E-state index contributed by atoms with van der Waals surface area (Å²) in [6.07, 6.45) is 6.52. The van der Waals surface area contributed by atoms with Crippen molar-refractivity contribution in [2.24, 2.45) is 11.7 Å². The summed E-state index contributed by atoms with van der Waals surface area (Å²) in [6, 6.07) is 5.74.